The molecule has 0 bridgehead atoms. The molecule has 0 amide bonds. The second-order valence-corrected chi connectivity index (χ2v) is 7.22. The largest absolute Gasteiger partial charge is 0.453 e. The Bertz CT molecular complexity index is 558. The van der Waals surface area contributed by atoms with E-state index in [-0.39, 0.29) is 11.0 Å². The number of hydrogen-bond acceptors (Lipinski definition) is 4. The molecule has 2 nitrogen and oxygen atoms in total. The molecule has 1 saturated heterocycles. The van der Waals surface area contributed by atoms with Gasteiger partial charge in [0, 0.05) is 22.1 Å². The third-order valence-electron chi connectivity index (χ3n) is 3.38. The SMILES string of the molecule is CCC1SCCSC1C(=O)c1cc2ccccc2o1. The average Bonchev–Trinajstić information content (AvgIpc) is 2.90. The van der Waals surface area contributed by atoms with Crippen molar-refractivity contribution in [3.05, 3.63) is 36.1 Å². The van der Waals surface area contributed by atoms with Crippen molar-refractivity contribution >= 4 is 40.3 Å². The first-order valence-electron chi connectivity index (χ1n) is 6.55. The minimum Gasteiger partial charge on any atom is -0.453 e. The number of para-hydroxylation sites is 1. The van der Waals surface area contributed by atoms with Crippen LogP contribution in [0, 0.1) is 0 Å². The first-order chi connectivity index (χ1) is 9.29. The zero-order valence-electron chi connectivity index (χ0n) is 10.8. The Balaban J connectivity index is 1.89. The van der Waals surface area contributed by atoms with E-state index in [2.05, 4.69) is 6.92 Å². The topological polar surface area (TPSA) is 30.2 Å². The molecule has 100 valence electrons. The predicted octanol–water partition coefficient (Wildman–Crippen LogP) is 4.24. The number of ketones is 1. The number of thioether (sulfide) groups is 2. The van der Waals surface area contributed by atoms with Gasteiger partial charge < -0.3 is 4.42 Å². The first-order valence-corrected chi connectivity index (χ1v) is 8.65. The summed E-state index contributed by atoms with van der Waals surface area (Å²) in [4.78, 5) is 12.6. The number of carbonyl (C=O) groups is 1. The molecule has 19 heavy (non-hydrogen) atoms. The van der Waals surface area contributed by atoms with Gasteiger partial charge in [0.25, 0.3) is 0 Å². The fourth-order valence-electron chi connectivity index (χ4n) is 2.39. The lowest BCUT2D eigenvalue weighted by molar-refractivity contribution is 0.0963. The van der Waals surface area contributed by atoms with Gasteiger partial charge in [0.1, 0.15) is 5.58 Å². The number of carbonyl (C=O) groups excluding carboxylic acids is 1. The van der Waals surface area contributed by atoms with Gasteiger partial charge in [-0.05, 0) is 18.6 Å². The van der Waals surface area contributed by atoms with E-state index in [0.717, 1.165) is 28.9 Å². The molecule has 1 aliphatic rings. The van der Waals surface area contributed by atoms with Crippen molar-refractivity contribution in [1.82, 2.24) is 0 Å². The molecular formula is C15H16O2S2. The fourth-order valence-corrected chi connectivity index (χ4v) is 5.40. The van der Waals surface area contributed by atoms with E-state index in [1.165, 1.54) is 0 Å². The van der Waals surface area contributed by atoms with Crippen molar-refractivity contribution < 1.29 is 9.21 Å². The number of Topliss-reactive ketones (excluding diaryl/α,β-unsaturated/α-hetero) is 1. The van der Waals surface area contributed by atoms with Crippen LogP contribution in [0.25, 0.3) is 11.0 Å². The van der Waals surface area contributed by atoms with Gasteiger partial charge >= 0.3 is 0 Å². The number of furan rings is 1. The summed E-state index contributed by atoms with van der Waals surface area (Å²) < 4.78 is 5.70. The Kier molecular flexibility index (Phi) is 3.89. The third kappa shape index (κ3) is 2.56. The first kappa shape index (κ1) is 13.1. The van der Waals surface area contributed by atoms with Crippen molar-refractivity contribution in [3.63, 3.8) is 0 Å². The molecule has 1 fully saturated rings. The molecular weight excluding hydrogens is 276 g/mol. The van der Waals surface area contributed by atoms with Gasteiger partial charge in [-0.3, -0.25) is 4.79 Å². The highest BCUT2D eigenvalue weighted by molar-refractivity contribution is 8.07. The van der Waals surface area contributed by atoms with Gasteiger partial charge in [0.05, 0.1) is 5.25 Å². The molecule has 0 radical (unpaired) electrons. The van der Waals surface area contributed by atoms with E-state index in [9.17, 15) is 4.79 Å². The highest BCUT2D eigenvalue weighted by Crippen LogP contribution is 2.36. The lowest BCUT2D eigenvalue weighted by atomic mass is 10.1. The molecule has 3 rings (SSSR count). The summed E-state index contributed by atoms with van der Waals surface area (Å²) in [5, 5.41) is 1.47. The van der Waals surface area contributed by atoms with Gasteiger partial charge in [-0.2, -0.15) is 11.8 Å². The molecule has 2 aromatic rings. The van der Waals surface area contributed by atoms with Gasteiger partial charge in [0.15, 0.2) is 5.76 Å². The second-order valence-electron chi connectivity index (χ2n) is 4.62. The van der Waals surface area contributed by atoms with Crippen LogP contribution < -0.4 is 0 Å². The fraction of sp³-hybridized carbons (Fsp3) is 0.400. The zero-order valence-corrected chi connectivity index (χ0v) is 12.4. The Hall–Kier alpha value is -0.870. The van der Waals surface area contributed by atoms with Crippen LogP contribution in [0.15, 0.2) is 34.7 Å². The van der Waals surface area contributed by atoms with Crippen LogP contribution in [0.1, 0.15) is 23.9 Å². The van der Waals surface area contributed by atoms with Gasteiger partial charge in [-0.15, -0.1) is 11.8 Å². The normalized spacial score (nSPS) is 23.6. The van der Waals surface area contributed by atoms with Crippen LogP contribution in [0.3, 0.4) is 0 Å². The molecule has 1 aromatic carbocycles. The highest BCUT2D eigenvalue weighted by atomic mass is 32.2. The van der Waals surface area contributed by atoms with E-state index in [1.54, 1.807) is 11.8 Å². The van der Waals surface area contributed by atoms with E-state index >= 15 is 0 Å². The lowest BCUT2D eigenvalue weighted by Gasteiger charge is -2.27. The Labute approximate surface area is 121 Å². The van der Waals surface area contributed by atoms with Crippen molar-refractivity contribution in [1.29, 1.82) is 0 Å². The minimum atomic E-state index is 0.0457. The van der Waals surface area contributed by atoms with Crippen LogP contribution in [-0.2, 0) is 0 Å². The van der Waals surface area contributed by atoms with Crippen LogP contribution in [-0.4, -0.2) is 27.8 Å². The van der Waals surface area contributed by atoms with Crippen molar-refractivity contribution in [2.24, 2.45) is 0 Å². The van der Waals surface area contributed by atoms with Gasteiger partial charge in [-0.1, -0.05) is 25.1 Å². The number of fused-ring (bicyclic) bond motifs is 1. The Morgan fingerprint density at radius 2 is 2.11 bits per heavy atom. The third-order valence-corrected chi connectivity index (χ3v) is 6.63. The second kappa shape index (κ2) is 5.63. The monoisotopic (exact) mass is 292 g/mol. The van der Waals surface area contributed by atoms with Gasteiger partial charge in [0.2, 0.25) is 5.78 Å². The van der Waals surface area contributed by atoms with Crippen molar-refractivity contribution in [2.45, 2.75) is 23.8 Å². The standard InChI is InChI=1S/C15H16O2S2/c1-2-13-15(19-8-7-18-13)14(16)12-9-10-5-3-4-6-11(10)17-12/h3-6,9,13,15H,2,7-8H2,1H3. The lowest BCUT2D eigenvalue weighted by Crippen LogP contribution is -2.32. The smallest absolute Gasteiger partial charge is 0.212 e. The number of rotatable bonds is 3. The molecule has 1 aliphatic heterocycles. The molecule has 2 atom stereocenters. The zero-order chi connectivity index (χ0) is 13.2. The Morgan fingerprint density at radius 3 is 2.89 bits per heavy atom. The molecule has 0 aliphatic carbocycles. The predicted molar refractivity (Wildman–Crippen MR) is 83.3 cm³/mol. The number of hydrogen-bond donors (Lipinski definition) is 0. The summed E-state index contributed by atoms with van der Waals surface area (Å²) in [6.07, 6.45) is 1.04. The molecule has 4 heteroatoms. The summed E-state index contributed by atoms with van der Waals surface area (Å²) >= 11 is 3.70. The van der Waals surface area contributed by atoms with E-state index in [4.69, 9.17) is 4.42 Å². The van der Waals surface area contributed by atoms with Gasteiger partial charge in [-0.25, -0.2) is 0 Å². The van der Waals surface area contributed by atoms with E-state index in [1.807, 2.05) is 42.1 Å². The van der Waals surface area contributed by atoms with Crippen LogP contribution in [0.5, 0.6) is 0 Å². The quantitative estimate of drug-likeness (QED) is 0.791. The summed E-state index contributed by atoms with van der Waals surface area (Å²) in [7, 11) is 0. The molecule has 2 heterocycles. The maximum atomic E-state index is 12.6. The molecule has 0 spiro atoms. The van der Waals surface area contributed by atoms with Crippen molar-refractivity contribution in [3.8, 4) is 0 Å². The van der Waals surface area contributed by atoms with E-state index < -0.39 is 0 Å². The average molecular weight is 292 g/mol. The summed E-state index contributed by atoms with van der Waals surface area (Å²) in [6.45, 7) is 2.16. The van der Waals surface area contributed by atoms with Crippen molar-refractivity contribution in [2.75, 3.05) is 11.5 Å². The maximum absolute atomic E-state index is 12.6. The molecule has 0 saturated carbocycles. The molecule has 1 aromatic heterocycles. The molecule has 2 unspecified atom stereocenters. The van der Waals surface area contributed by atoms with E-state index in [0.29, 0.717) is 11.0 Å². The highest BCUT2D eigenvalue weighted by Gasteiger charge is 2.33. The minimum absolute atomic E-state index is 0.0457. The summed E-state index contributed by atoms with van der Waals surface area (Å²) in [5.41, 5.74) is 0.798. The maximum Gasteiger partial charge on any atom is 0.212 e. The Morgan fingerprint density at radius 1 is 1.32 bits per heavy atom. The van der Waals surface area contributed by atoms with Crippen LogP contribution in [0.4, 0.5) is 0 Å². The van der Waals surface area contributed by atoms with Crippen LogP contribution in [0.2, 0.25) is 0 Å². The van der Waals surface area contributed by atoms with Crippen LogP contribution >= 0.6 is 23.5 Å². The summed E-state index contributed by atoms with van der Waals surface area (Å²) in [5.74, 6) is 2.87. The summed E-state index contributed by atoms with van der Waals surface area (Å²) in [6, 6.07) is 9.67. The molecule has 0 N–H and O–H groups in total. The number of benzene rings is 1.